The predicted molar refractivity (Wildman–Crippen MR) is 103 cm³/mol. The molecule has 0 radical (unpaired) electrons. The van der Waals surface area contributed by atoms with Gasteiger partial charge in [0.2, 0.25) is 10.0 Å². The third kappa shape index (κ3) is 4.34. The van der Waals surface area contributed by atoms with Crippen LogP contribution < -0.4 is 14.4 Å². The number of nitrogens with one attached hydrogen (secondary N) is 1. The van der Waals surface area contributed by atoms with Crippen molar-refractivity contribution in [2.24, 2.45) is 5.92 Å². The first-order valence-electron chi connectivity index (χ1n) is 8.13. The second-order valence-corrected chi connectivity index (χ2v) is 8.71. The maximum atomic E-state index is 12.5. The van der Waals surface area contributed by atoms with Gasteiger partial charge in [-0.25, -0.2) is 13.1 Å². The van der Waals surface area contributed by atoms with Crippen LogP contribution in [0.15, 0.2) is 57.9 Å². The van der Waals surface area contributed by atoms with Gasteiger partial charge in [0.15, 0.2) is 0 Å². The molecule has 3 rings (SSSR count). The molecule has 5 nitrogen and oxygen atoms in total. The summed E-state index contributed by atoms with van der Waals surface area (Å²) in [4.78, 5) is 2.53. The molecule has 1 unspecified atom stereocenters. The van der Waals surface area contributed by atoms with Gasteiger partial charge in [-0.15, -0.1) is 0 Å². The normalized spacial score (nSPS) is 17.7. The fourth-order valence-electron chi connectivity index (χ4n) is 3.00. The Balaban J connectivity index is 1.60. The van der Waals surface area contributed by atoms with E-state index in [4.69, 9.17) is 4.74 Å². The van der Waals surface area contributed by atoms with Crippen molar-refractivity contribution in [3.05, 3.63) is 53.0 Å². The summed E-state index contributed by atoms with van der Waals surface area (Å²) in [6.45, 7) is 2.25. The lowest BCUT2D eigenvalue weighted by atomic mass is 10.1. The molecule has 1 saturated heterocycles. The van der Waals surface area contributed by atoms with Crippen molar-refractivity contribution in [1.29, 1.82) is 0 Å². The Bertz CT molecular complexity index is 827. The highest BCUT2D eigenvalue weighted by molar-refractivity contribution is 9.10. The van der Waals surface area contributed by atoms with E-state index in [1.165, 1.54) is 5.69 Å². The number of para-hydroxylation sites is 1. The van der Waals surface area contributed by atoms with Gasteiger partial charge in [0.05, 0.1) is 16.5 Å². The zero-order valence-corrected chi connectivity index (χ0v) is 16.4. The largest absolute Gasteiger partial charge is 0.496 e. The first-order valence-corrected chi connectivity index (χ1v) is 10.4. The van der Waals surface area contributed by atoms with Crippen LogP contribution in [0.5, 0.6) is 5.75 Å². The Morgan fingerprint density at radius 3 is 2.68 bits per heavy atom. The molecule has 2 aromatic carbocycles. The molecule has 134 valence electrons. The van der Waals surface area contributed by atoms with Crippen LogP contribution in [0.4, 0.5) is 5.69 Å². The Morgan fingerprint density at radius 1 is 1.24 bits per heavy atom. The molecule has 1 atom stereocenters. The molecule has 0 aliphatic carbocycles. The van der Waals surface area contributed by atoms with Crippen LogP contribution in [-0.4, -0.2) is 35.2 Å². The van der Waals surface area contributed by atoms with Crippen molar-refractivity contribution < 1.29 is 13.2 Å². The van der Waals surface area contributed by atoms with Crippen LogP contribution in [0.1, 0.15) is 6.42 Å². The summed E-state index contributed by atoms with van der Waals surface area (Å²) in [6.07, 6.45) is 0.976. The molecule has 7 heteroatoms. The minimum Gasteiger partial charge on any atom is -0.496 e. The van der Waals surface area contributed by atoms with Crippen molar-refractivity contribution >= 4 is 31.6 Å². The Hall–Kier alpha value is -1.57. The predicted octanol–water partition coefficient (Wildman–Crippen LogP) is 3.26. The van der Waals surface area contributed by atoms with Crippen LogP contribution in [0.2, 0.25) is 0 Å². The molecular formula is C18H21BrN2O3S. The molecule has 0 bridgehead atoms. The molecule has 1 N–H and O–H groups in total. The Kier molecular flexibility index (Phi) is 5.66. The number of ether oxygens (including phenoxy) is 1. The van der Waals surface area contributed by atoms with Crippen LogP contribution in [-0.2, 0) is 10.0 Å². The third-order valence-corrected chi connectivity index (χ3v) is 6.44. The van der Waals surface area contributed by atoms with E-state index in [0.717, 1.165) is 19.5 Å². The minimum absolute atomic E-state index is 0.234. The topological polar surface area (TPSA) is 58.6 Å². The summed E-state index contributed by atoms with van der Waals surface area (Å²) in [6, 6.07) is 15.0. The fourth-order valence-corrected chi connectivity index (χ4v) is 4.83. The van der Waals surface area contributed by atoms with Crippen molar-refractivity contribution in [3.8, 4) is 5.75 Å². The standard InChI is InChI=1S/C18H21BrN2O3S/c1-24-18-8-7-16(11-17(18)19)25(22,23)20-12-14-9-10-21(13-14)15-5-3-2-4-6-15/h2-8,11,14,20H,9-10,12-13H2,1H3. The maximum absolute atomic E-state index is 12.5. The first-order chi connectivity index (χ1) is 12.0. The summed E-state index contributed by atoms with van der Waals surface area (Å²) in [5.41, 5.74) is 1.19. The number of nitrogens with zero attached hydrogens (tertiary/aromatic N) is 1. The maximum Gasteiger partial charge on any atom is 0.240 e. The van der Waals surface area contributed by atoms with Crippen molar-refractivity contribution in [2.75, 3.05) is 31.6 Å². The van der Waals surface area contributed by atoms with Gasteiger partial charge in [-0.2, -0.15) is 0 Å². The van der Waals surface area contributed by atoms with Gasteiger partial charge in [-0.05, 0) is 58.6 Å². The molecule has 1 aliphatic rings. The van der Waals surface area contributed by atoms with Gasteiger partial charge in [-0.1, -0.05) is 18.2 Å². The van der Waals surface area contributed by atoms with E-state index in [1.807, 2.05) is 18.2 Å². The molecule has 0 amide bonds. The molecule has 1 heterocycles. The fraction of sp³-hybridized carbons (Fsp3) is 0.333. The number of rotatable bonds is 6. The van der Waals surface area contributed by atoms with Crippen molar-refractivity contribution in [3.63, 3.8) is 0 Å². The smallest absolute Gasteiger partial charge is 0.240 e. The second-order valence-electron chi connectivity index (χ2n) is 6.08. The number of benzene rings is 2. The van der Waals surface area contributed by atoms with E-state index in [2.05, 4.69) is 37.7 Å². The number of sulfonamides is 1. The van der Waals surface area contributed by atoms with Crippen LogP contribution in [0, 0.1) is 5.92 Å². The zero-order valence-electron chi connectivity index (χ0n) is 14.0. The van der Waals surface area contributed by atoms with E-state index in [9.17, 15) is 8.42 Å². The monoisotopic (exact) mass is 424 g/mol. The lowest BCUT2D eigenvalue weighted by Crippen LogP contribution is -2.31. The zero-order chi connectivity index (χ0) is 17.9. The molecule has 0 saturated carbocycles. The molecule has 2 aromatic rings. The van der Waals surface area contributed by atoms with Crippen molar-refractivity contribution in [1.82, 2.24) is 4.72 Å². The summed E-state index contributed by atoms with van der Waals surface area (Å²) in [5, 5.41) is 0. The summed E-state index contributed by atoms with van der Waals surface area (Å²) < 4.78 is 33.5. The highest BCUT2D eigenvalue weighted by atomic mass is 79.9. The molecule has 1 fully saturated rings. The molecule has 0 spiro atoms. The Labute approximate surface area is 157 Å². The van der Waals surface area contributed by atoms with E-state index in [-0.39, 0.29) is 4.90 Å². The van der Waals surface area contributed by atoms with Gasteiger partial charge < -0.3 is 9.64 Å². The van der Waals surface area contributed by atoms with Crippen LogP contribution in [0.3, 0.4) is 0 Å². The van der Waals surface area contributed by atoms with E-state index in [1.54, 1.807) is 25.3 Å². The van der Waals surface area contributed by atoms with E-state index < -0.39 is 10.0 Å². The number of anilines is 1. The molecular weight excluding hydrogens is 404 g/mol. The summed E-state index contributed by atoms with van der Waals surface area (Å²) in [7, 11) is -1.98. The number of halogens is 1. The SMILES string of the molecule is COc1ccc(S(=O)(=O)NCC2CCN(c3ccccc3)C2)cc1Br. The van der Waals surface area contributed by atoms with E-state index in [0.29, 0.717) is 22.7 Å². The van der Waals surface area contributed by atoms with Gasteiger partial charge in [0.25, 0.3) is 0 Å². The number of hydrogen-bond acceptors (Lipinski definition) is 4. The highest BCUT2D eigenvalue weighted by Gasteiger charge is 2.25. The van der Waals surface area contributed by atoms with Gasteiger partial charge in [0, 0.05) is 25.3 Å². The van der Waals surface area contributed by atoms with Crippen LogP contribution in [0.25, 0.3) is 0 Å². The lowest BCUT2D eigenvalue weighted by Gasteiger charge is -2.18. The summed E-state index contributed by atoms with van der Waals surface area (Å²) >= 11 is 3.33. The quantitative estimate of drug-likeness (QED) is 0.772. The van der Waals surface area contributed by atoms with Gasteiger partial charge >= 0.3 is 0 Å². The first kappa shape index (κ1) is 18.2. The average molecular weight is 425 g/mol. The average Bonchev–Trinajstić information content (AvgIpc) is 3.10. The second kappa shape index (κ2) is 7.76. The molecule has 25 heavy (non-hydrogen) atoms. The number of methoxy groups -OCH3 is 1. The molecule has 1 aliphatic heterocycles. The van der Waals surface area contributed by atoms with Gasteiger partial charge in [-0.3, -0.25) is 0 Å². The third-order valence-electron chi connectivity index (χ3n) is 4.40. The summed E-state index contributed by atoms with van der Waals surface area (Å²) in [5.74, 6) is 0.907. The van der Waals surface area contributed by atoms with E-state index >= 15 is 0 Å². The Morgan fingerprint density at radius 2 is 2.00 bits per heavy atom. The number of hydrogen-bond donors (Lipinski definition) is 1. The highest BCUT2D eigenvalue weighted by Crippen LogP contribution is 2.28. The van der Waals surface area contributed by atoms with Gasteiger partial charge in [0.1, 0.15) is 5.75 Å². The lowest BCUT2D eigenvalue weighted by molar-refractivity contribution is 0.411. The van der Waals surface area contributed by atoms with Crippen molar-refractivity contribution in [2.45, 2.75) is 11.3 Å². The molecule has 0 aromatic heterocycles. The van der Waals surface area contributed by atoms with Crippen LogP contribution >= 0.6 is 15.9 Å². The minimum atomic E-state index is -3.53.